The standard InChI is InChI=1S/C13H11BrFN/c1-8-2-5-13(16)11(6-8)10-7-9(14)3-4-12(10)15/h2-7H,16H2,1H3. The van der Waals surface area contributed by atoms with E-state index in [0.29, 0.717) is 11.3 Å². The van der Waals surface area contributed by atoms with Crippen LogP contribution >= 0.6 is 15.9 Å². The highest BCUT2D eigenvalue weighted by atomic mass is 79.9. The fourth-order valence-corrected chi connectivity index (χ4v) is 1.97. The molecule has 0 unspecified atom stereocenters. The number of aryl methyl sites for hydroxylation is 1. The molecule has 0 radical (unpaired) electrons. The van der Waals surface area contributed by atoms with Gasteiger partial charge in [-0.2, -0.15) is 0 Å². The quantitative estimate of drug-likeness (QED) is 0.780. The average molecular weight is 280 g/mol. The number of nitrogens with two attached hydrogens (primary N) is 1. The van der Waals surface area contributed by atoms with Crippen LogP contribution in [0.3, 0.4) is 0 Å². The molecule has 0 aliphatic rings. The summed E-state index contributed by atoms with van der Waals surface area (Å²) in [6.07, 6.45) is 0. The summed E-state index contributed by atoms with van der Waals surface area (Å²) in [5, 5.41) is 0. The van der Waals surface area contributed by atoms with Crippen molar-refractivity contribution in [1.82, 2.24) is 0 Å². The third-order valence-corrected chi connectivity index (χ3v) is 2.92. The van der Waals surface area contributed by atoms with E-state index >= 15 is 0 Å². The molecule has 2 N–H and O–H groups in total. The number of nitrogen functional groups attached to an aromatic ring is 1. The second-order valence-electron chi connectivity index (χ2n) is 3.71. The summed E-state index contributed by atoms with van der Waals surface area (Å²) in [5.41, 5.74) is 8.76. The molecule has 0 spiro atoms. The fourth-order valence-electron chi connectivity index (χ4n) is 1.61. The van der Waals surface area contributed by atoms with Crippen LogP contribution in [0.5, 0.6) is 0 Å². The Kier molecular flexibility index (Phi) is 2.97. The van der Waals surface area contributed by atoms with Gasteiger partial charge in [0.25, 0.3) is 0 Å². The lowest BCUT2D eigenvalue weighted by atomic mass is 10.0. The first-order valence-corrected chi connectivity index (χ1v) is 5.69. The molecule has 0 saturated carbocycles. The lowest BCUT2D eigenvalue weighted by Crippen LogP contribution is -1.93. The molecule has 0 bridgehead atoms. The molecule has 0 aliphatic carbocycles. The van der Waals surface area contributed by atoms with Crippen LogP contribution < -0.4 is 5.73 Å². The van der Waals surface area contributed by atoms with E-state index in [2.05, 4.69) is 15.9 Å². The lowest BCUT2D eigenvalue weighted by molar-refractivity contribution is 0.631. The number of hydrogen-bond acceptors (Lipinski definition) is 1. The average Bonchev–Trinajstić information content (AvgIpc) is 2.25. The van der Waals surface area contributed by atoms with Gasteiger partial charge in [-0.05, 0) is 37.3 Å². The maximum absolute atomic E-state index is 13.7. The number of rotatable bonds is 1. The molecule has 0 atom stereocenters. The van der Waals surface area contributed by atoms with Gasteiger partial charge in [0.15, 0.2) is 0 Å². The van der Waals surface area contributed by atoms with Gasteiger partial charge in [0.2, 0.25) is 0 Å². The molecule has 2 aromatic carbocycles. The normalized spacial score (nSPS) is 10.4. The Hall–Kier alpha value is -1.35. The van der Waals surface area contributed by atoms with E-state index < -0.39 is 0 Å². The molecule has 2 aromatic rings. The summed E-state index contributed by atoms with van der Waals surface area (Å²) in [5.74, 6) is -0.263. The number of hydrogen-bond donors (Lipinski definition) is 1. The number of benzene rings is 2. The Balaban J connectivity index is 2.66. The maximum atomic E-state index is 13.7. The van der Waals surface area contributed by atoms with Crippen molar-refractivity contribution in [3.8, 4) is 11.1 Å². The van der Waals surface area contributed by atoms with Crippen LogP contribution in [0.15, 0.2) is 40.9 Å². The van der Waals surface area contributed by atoms with Crippen molar-refractivity contribution < 1.29 is 4.39 Å². The van der Waals surface area contributed by atoms with E-state index in [0.717, 1.165) is 15.6 Å². The topological polar surface area (TPSA) is 26.0 Å². The molecule has 82 valence electrons. The highest BCUT2D eigenvalue weighted by Crippen LogP contribution is 2.31. The molecule has 3 heteroatoms. The third kappa shape index (κ3) is 2.09. The Morgan fingerprint density at radius 2 is 1.81 bits per heavy atom. The van der Waals surface area contributed by atoms with Gasteiger partial charge < -0.3 is 5.73 Å². The van der Waals surface area contributed by atoms with Crippen molar-refractivity contribution in [1.29, 1.82) is 0 Å². The number of anilines is 1. The van der Waals surface area contributed by atoms with Gasteiger partial charge in [-0.25, -0.2) is 4.39 Å². The van der Waals surface area contributed by atoms with Gasteiger partial charge >= 0.3 is 0 Å². The maximum Gasteiger partial charge on any atom is 0.131 e. The molecular formula is C13H11BrFN. The first kappa shape index (κ1) is 11.1. The first-order valence-electron chi connectivity index (χ1n) is 4.89. The van der Waals surface area contributed by atoms with Crippen molar-refractivity contribution in [3.05, 3.63) is 52.3 Å². The van der Waals surface area contributed by atoms with E-state index in [1.807, 2.05) is 19.1 Å². The van der Waals surface area contributed by atoms with Crippen molar-refractivity contribution in [3.63, 3.8) is 0 Å². The largest absolute Gasteiger partial charge is 0.398 e. The number of halogens is 2. The van der Waals surface area contributed by atoms with Crippen LogP contribution in [-0.2, 0) is 0 Å². The Morgan fingerprint density at radius 1 is 1.06 bits per heavy atom. The summed E-state index contributed by atoms with van der Waals surface area (Å²) >= 11 is 3.33. The van der Waals surface area contributed by atoms with Gasteiger partial charge in [-0.3, -0.25) is 0 Å². The predicted molar refractivity (Wildman–Crippen MR) is 68.7 cm³/mol. The minimum absolute atomic E-state index is 0.263. The molecule has 0 amide bonds. The monoisotopic (exact) mass is 279 g/mol. The highest BCUT2D eigenvalue weighted by molar-refractivity contribution is 9.10. The molecule has 0 heterocycles. The third-order valence-electron chi connectivity index (χ3n) is 2.43. The van der Waals surface area contributed by atoms with Gasteiger partial charge in [-0.15, -0.1) is 0 Å². The summed E-state index contributed by atoms with van der Waals surface area (Å²) in [6.45, 7) is 1.96. The molecule has 16 heavy (non-hydrogen) atoms. The van der Waals surface area contributed by atoms with Gasteiger partial charge in [-0.1, -0.05) is 27.6 Å². The minimum atomic E-state index is -0.263. The van der Waals surface area contributed by atoms with E-state index in [1.165, 1.54) is 6.07 Å². The highest BCUT2D eigenvalue weighted by Gasteiger charge is 2.08. The predicted octanol–water partition coefficient (Wildman–Crippen LogP) is 4.15. The van der Waals surface area contributed by atoms with E-state index in [4.69, 9.17) is 5.73 Å². The van der Waals surface area contributed by atoms with E-state index in [9.17, 15) is 4.39 Å². The van der Waals surface area contributed by atoms with Crippen molar-refractivity contribution in [2.75, 3.05) is 5.73 Å². The van der Waals surface area contributed by atoms with Crippen LogP contribution in [0.2, 0.25) is 0 Å². The molecule has 1 nitrogen and oxygen atoms in total. The van der Waals surface area contributed by atoms with Crippen molar-refractivity contribution >= 4 is 21.6 Å². The van der Waals surface area contributed by atoms with Gasteiger partial charge in [0, 0.05) is 21.3 Å². The van der Waals surface area contributed by atoms with Crippen LogP contribution in [-0.4, -0.2) is 0 Å². The smallest absolute Gasteiger partial charge is 0.131 e. The molecule has 0 aliphatic heterocycles. The SMILES string of the molecule is Cc1ccc(N)c(-c2cc(Br)ccc2F)c1. The Bertz CT molecular complexity index is 488. The van der Waals surface area contributed by atoms with E-state index in [-0.39, 0.29) is 5.82 Å². The molecule has 2 rings (SSSR count). The van der Waals surface area contributed by atoms with Crippen LogP contribution in [0, 0.1) is 12.7 Å². The minimum Gasteiger partial charge on any atom is -0.398 e. The summed E-state index contributed by atoms with van der Waals surface area (Å²) in [7, 11) is 0. The van der Waals surface area contributed by atoms with Crippen LogP contribution in [0.1, 0.15) is 5.56 Å². The Morgan fingerprint density at radius 3 is 2.56 bits per heavy atom. The molecule has 0 fully saturated rings. The molecule has 0 aromatic heterocycles. The second kappa shape index (κ2) is 4.26. The van der Waals surface area contributed by atoms with E-state index in [1.54, 1.807) is 18.2 Å². The fraction of sp³-hybridized carbons (Fsp3) is 0.0769. The van der Waals surface area contributed by atoms with Crippen molar-refractivity contribution in [2.24, 2.45) is 0 Å². The summed E-state index contributed by atoms with van der Waals surface area (Å²) in [4.78, 5) is 0. The molecular weight excluding hydrogens is 269 g/mol. The zero-order valence-electron chi connectivity index (χ0n) is 8.80. The van der Waals surface area contributed by atoms with Crippen LogP contribution in [0.25, 0.3) is 11.1 Å². The van der Waals surface area contributed by atoms with Crippen LogP contribution in [0.4, 0.5) is 10.1 Å². The summed E-state index contributed by atoms with van der Waals surface area (Å²) in [6, 6.07) is 10.4. The van der Waals surface area contributed by atoms with Gasteiger partial charge in [0.1, 0.15) is 5.82 Å². The summed E-state index contributed by atoms with van der Waals surface area (Å²) < 4.78 is 14.5. The molecule has 0 saturated heterocycles. The zero-order valence-corrected chi connectivity index (χ0v) is 10.4. The van der Waals surface area contributed by atoms with Crippen molar-refractivity contribution in [2.45, 2.75) is 6.92 Å². The van der Waals surface area contributed by atoms with Gasteiger partial charge in [0.05, 0.1) is 0 Å². The zero-order chi connectivity index (χ0) is 11.7. The lowest BCUT2D eigenvalue weighted by Gasteiger charge is -2.08. The second-order valence-corrected chi connectivity index (χ2v) is 4.63. The first-order chi connectivity index (χ1) is 7.58. The Labute approximate surface area is 102 Å².